The summed E-state index contributed by atoms with van der Waals surface area (Å²) in [5, 5.41) is 2.77. The van der Waals surface area contributed by atoms with Gasteiger partial charge in [-0.25, -0.2) is 0 Å². The molecule has 2 aromatic rings. The molecule has 0 heterocycles. The first-order valence-corrected chi connectivity index (χ1v) is 9.14. The maximum absolute atomic E-state index is 12.6. The fourth-order valence-electron chi connectivity index (χ4n) is 2.73. The van der Waals surface area contributed by atoms with Crippen molar-refractivity contribution in [3.8, 4) is 17.2 Å². The first-order chi connectivity index (χ1) is 14.0. The predicted molar refractivity (Wildman–Crippen MR) is 112 cm³/mol. The fraction of sp³-hybridized carbons (Fsp3) is 0.273. The topological polar surface area (TPSA) is 77.1 Å². The van der Waals surface area contributed by atoms with E-state index in [0.29, 0.717) is 35.0 Å². The fourth-order valence-corrected chi connectivity index (χ4v) is 2.73. The highest BCUT2D eigenvalue weighted by Gasteiger charge is 2.14. The number of nitrogens with zero attached hydrogens (tertiary/aromatic N) is 1. The van der Waals surface area contributed by atoms with Gasteiger partial charge in [0.25, 0.3) is 0 Å². The van der Waals surface area contributed by atoms with Crippen molar-refractivity contribution in [2.24, 2.45) is 0 Å². The smallest absolute Gasteiger partial charge is 0.247 e. The minimum Gasteiger partial charge on any atom is -0.497 e. The third kappa shape index (κ3) is 6.00. The largest absolute Gasteiger partial charge is 0.497 e. The number of para-hydroxylation sites is 1. The van der Waals surface area contributed by atoms with Crippen LogP contribution in [0, 0.1) is 0 Å². The highest BCUT2D eigenvalue weighted by molar-refractivity contribution is 5.98. The number of hydrogen-bond acceptors (Lipinski definition) is 5. The normalized spacial score (nSPS) is 10.5. The van der Waals surface area contributed by atoms with Crippen LogP contribution in [0.15, 0.2) is 48.5 Å². The maximum atomic E-state index is 12.6. The van der Waals surface area contributed by atoms with Crippen LogP contribution in [0.4, 0.5) is 5.69 Å². The summed E-state index contributed by atoms with van der Waals surface area (Å²) in [6, 6.07) is 12.4. The average molecular weight is 398 g/mol. The van der Waals surface area contributed by atoms with Crippen molar-refractivity contribution in [3.05, 3.63) is 54.1 Å². The predicted octanol–water partition coefficient (Wildman–Crippen LogP) is 3.21. The summed E-state index contributed by atoms with van der Waals surface area (Å²) >= 11 is 0. The molecule has 29 heavy (non-hydrogen) atoms. The monoisotopic (exact) mass is 398 g/mol. The number of anilines is 1. The molecule has 2 aromatic carbocycles. The van der Waals surface area contributed by atoms with E-state index in [4.69, 9.17) is 14.2 Å². The Bertz CT molecular complexity index is 879. The van der Waals surface area contributed by atoms with Crippen molar-refractivity contribution < 1.29 is 23.8 Å². The number of benzene rings is 2. The molecule has 0 bridgehead atoms. The lowest BCUT2D eigenvalue weighted by Crippen LogP contribution is -2.36. The molecule has 7 nitrogen and oxygen atoms in total. The molecule has 0 radical (unpaired) electrons. The van der Waals surface area contributed by atoms with Crippen LogP contribution in [0.1, 0.15) is 12.5 Å². The lowest BCUT2D eigenvalue weighted by Gasteiger charge is -2.19. The molecule has 0 spiro atoms. The number of ether oxygens (including phenoxy) is 3. The molecule has 0 aliphatic heterocycles. The van der Waals surface area contributed by atoms with Crippen LogP contribution in [0.5, 0.6) is 17.2 Å². The van der Waals surface area contributed by atoms with Gasteiger partial charge in [0.15, 0.2) is 11.5 Å². The van der Waals surface area contributed by atoms with Crippen LogP contribution in [-0.2, 0) is 9.59 Å². The van der Waals surface area contributed by atoms with Crippen molar-refractivity contribution in [1.82, 2.24) is 4.90 Å². The van der Waals surface area contributed by atoms with E-state index in [1.165, 1.54) is 18.1 Å². The van der Waals surface area contributed by atoms with Gasteiger partial charge < -0.3 is 24.4 Å². The van der Waals surface area contributed by atoms with Crippen LogP contribution in [0.2, 0.25) is 0 Å². The molecule has 0 aliphatic rings. The number of rotatable bonds is 9. The van der Waals surface area contributed by atoms with E-state index >= 15 is 0 Å². The number of hydrogen-bond donors (Lipinski definition) is 1. The summed E-state index contributed by atoms with van der Waals surface area (Å²) in [4.78, 5) is 26.3. The van der Waals surface area contributed by atoms with Gasteiger partial charge in [-0.15, -0.1) is 0 Å². The quantitative estimate of drug-likeness (QED) is 0.657. The minimum atomic E-state index is -0.291. The molecule has 0 unspecified atom stereocenters. The zero-order chi connectivity index (χ0) is 21.2. The first-order valence-electron chi connectivity index (χ1n) is 9.14. The van der Waals surface area contributed by atoms with Crippen molar-refractivity contribution in [2.75, 3.05) is 39.7 Å². The molecule has 0 aromatic heterocycles. The second-order valence-corrected chi connectivity index (χ2v) is 6.05. The summed E-state index contributed by atoms with van der Waals surface area (Å²) < 4.78 is 15.8. The van der Waals surface area contributed by atoms with Gasteiger partial charge in [-0.05, 0) is 31.2 Å². The van der Waals surface area contributed by atoms with Crippen molar-refractivity contribution >= 4 is 23.6 Å². The lowest BCUT2D eigenvalue weighted by atomic mass is 10.1. The molecule has 0 fully saturated rings. The second-order valence-electron chi connectivity index (χ2n) is 6.05. The third-order valence-electron chi connectivity index (χ3n) is 4.22. The summed E-state index contributed by atoms with van der Waals surface area (Å²) in [6.07, 6.45) is 3.06. The van der Waals surface area contributed by atoms with E-state index in [9.17, 15) is 9.59 Å². The van der Waals surface area contributed by atoms with Gasteiger partial charge in [0.2, 0.25) is 11.8 Å². The standard InChI is InChI=1S/C22H26N2O5/c1-5-24(15-20(25)23-17-9-7-10-18(14-17)27-2)21(26)13-12-16-8-6-11-19(28-3)22(16)29-4/h6-14H,5,15H2,1-4H3,(H,23,25)/b13-12+. The van der Waals surface area contributed by atoms with Crippen molar-refractivity contribution in [3.63, 3.8) is 0 Å². The Morgan fingerprint density at radius 3 is 2.45 bits per heavy atom. The van der Waals surface area contributed by atoms with Gasteiger partial charge in [0.1, 0.15) is 12.3 Å². The molecular weight excluding hydrogens is 372 g/mol. The van der Waals surface area contributed by atoms with Crippen LogP contribution < -0.4 is 19.5 Å². The molecule has 1 N–H and O–H groups in total. The Kier molecular flexibility index (Phi) is 8.09. The number of nitrogens with one attached hydrogen (secondary N) is 1. The Hall–Kier alpha value is -3.48. The van der Waals surface area contributed by atoms with Gasteiger partial charge in [-0.3, -0.25) is 9.59 Å². The highest BCUT2D eigenvalue weighted by atomic mass is 16.5. The van der Waals surface area contributed by atoms with E-state index in [2.05, 4.69) is 5.32 Å². The maximum Gasteiger partial charge on any atom is 0.247 e. The molecule has 0 saturated carbocycles. The zero-order valence-electron chi connectivity index (χ0n) is 17.1. The molecule has 0 atom stereocenters. The lowest BCUT2D eigenvalue weighted by molar-refractivity contribution is -0.130. The van der Waals surface area contributed by atoms with Gasteiger partial charge in [-0.1, -0.05) is 18.2 Å². The number of carbonyl (C=O) groups excluding carboxylic acids is 2. The van der Waals surface area contributed by atoms with Gasteiger partial charge >= 0.3 is 0 Å². The average Bonchev–Trinajstić information content (AvgIpc) is 2.75. The number of carbonyl (C=O) groups is 2. The molecule has 2 rings (SSSR count). The van der Waals surface area contributed by atoms with Crippen molar-refractivity contribution in [2.45, 2.75) is 6.92 Å². The van der Waals surface area contributed by atoms with Crippen LogP contribution in [0.25, 0.3) is 6.08 Å². The van der Waals surface area contributed by atoms with Crippen LogP contribution >= 0.6 is 0 Å². The molecule has 0 aliphatic carbocycles. The number of likely N-dealkylation sites (N-methyl/N-ethyl adjacent to an activating group) is 1. The number of methoxy groups -OCH3 is 3. The highest BCUT2D eigenvalue weighted by Crippen LogP contribution is 2.31. The van der Waals surface area contributed by atoms with Gasteiger partial charge in [0.05, 0.1) is 21.3 Å². The van der Waals surface area contributed by atoms with E-state index in [1.807, 2.05) is 19.1 Å². The molecule has 7 heteroatoms. The Morgan fingerprint density at radius 2 is 1.79 bits per heavy atom. The summed E-state index contributed by atoms with van der Waals surface area (Å²) in [5.74, 6) is 1.19. The van der Waals surface area contributed by atoms with Gasteiger partial charge in [-0.2, -0.15) is 0 Å². The summed E-state index contributed by atoms with van der Waals surface area (Å²) in [7, 11) is 4.65. The van der Waals surface area contributed by atoms with Gasteiger partial charge in [0, 0.05) is 29.9 Å². The van der Waals surface area contributed by atoms with Crippen molar-refractivity contribution in [1.29, 1.82) is 0 Å². The van der Waals surface area contributed by atoms with Crippen LogP contribution in [-0.4, -0.2) is 51.1 Å². The Morgan fingerprint density at radius 1 is 1.03 bits per heavy atom. The molecule has 2 amide bonds. The molecular formula is C22H26N2O5. The Labute approximate surface area is 170 Å². The zero-order valence-corrected chi connectivity index (χ0v) is 17.1. The van der Waals surface area contributed by atoms with E-state index in [0.717, 1.165) is 0 Å². The van der Waals surface area contributed by atoms with E-state index < -0.39 is 0 Å². The van der Waals surface area contributed by atoms with E-state index in [-0.39, 0.29) is 18.4 Å². The first kappa shape index (κ1) is 21.8. The third-order valence-corrected chi connectivity index (χ3v) is 4.22. The summed E-state index contributed by atoms with van der Waals surface area (Å²) in [6.45, 7) is 2.15. The number of amides is 2. The minimum absolute atomic E-state index is 0.0634. The Balaban J connectivity index is 2.05. The second kappa shape index (κ2) is 10.8. The summed E-state index contributed by atoms with van der Waals surface area (Å²) in [5.41, 5.74) is 1.31. The molecule has 154 valence electrons. The SMILES string of the molecule is CCN(CC(=O)Nc1cccc(OC)c1)C(=O)/C=C/c1cccc(OC)c1OC. The van der Waals surface area contributed by atoms with E-state index in [1.54, 1.807) is 50.6 Å². The molecule has 0 saturated heterocycles. The van der Waals surface area contributed by atoms with Crippen LogP contribution in [0.3, 0.4) is 0 Å².